The Morgan fingerprint density at radius 2 is 2.22 bits per heavy atom. The van der Waals surface area contributed by atoms with Gasteiger partial charge in [0, 0.05) is 12.7 Å². The summed E-state index contributed by atoms with van der Waals surface area (Å²) >= 11 is 5.47. The number of carbonyl (C=O) groups excluding carboxylic acids is 1. The molecular weight excluding hydrogens is 265 g/mol. The summed E-state index contributed by atoms with van der Waals surface area (Å²) < 4.78 is 17.7. The zero-order chi connectivity index (χ0) is 13.7. The van der Waals surface area contributed by atoms with Gasteiger partial charge in [0.2, 0.25) is 0 Å². The molecule has 0 saturated heterocycles. The molecule has 5 nitrogen and oxygen atoms in total. The van der Waals surface area contributed by atoms with E-state index in [1.807, 2.05) is 0 Å². The number of rotatable bonds is 5. The van der Waals surface area contributed by atoms with Crippen molar-refractivity contribution in [2.45, 2.75) is 6.10 Å². The van der Waals surface area contributed by atoms with Crippen molar-refractivity contribution in [3.63, 3.8) is 0 Å². The Kier molecular flexibility index (Phi) is 5.06. The molecule has 0 heterocycles. The quantitative estimate of drug-likeness (QED) is 0.849. The van der Waals surface area contributed by atoms with Crippen LogP contribution in [0.3, 0.4) is 0 Å². The highest BCUT2D eigenvalue weighted by atomic mass is 35.5. The van der Waals surface area contributed by atoms with E-state index in [0.29, 0.717) is 0 Å². The molecule has 0 saturated carbocycles. The van der Waals surface area contributed by atoms with E-state index in [-0.39, 0.29) is 17.1 Å². The lowest BCUT2D eigenvalue weighted by atomic mass is 10.2. The zero-order valence-electron chi connectivity index (χ0n) is 9.44. The maximum atomic E-state index is 13.1. The van der Waals surface area contributed by atoms with Crippen LogP contribution in [0.1, 0.15) is 10.4 Å². The van der Waals surface area contributed by atoms with Gasteiger partial charge in [-0.25, -0.2) is 9.18 Å². The summed E-state index contributed by atoms with van der Waals surface area (Å²) in [5, 5.41) is 10.9. The van der Waals surface area contributed by atoms with Crippen LogP contribution in [-0.2, 0) is 9.53 Å². The number of methoxy groups -OCH3 is 1. The number of hydrogen-bond donors (Lipinski definition) is 2. The monoisotopic (exact) mass is 275 g/mol. The van der Waals surface area contributed by atoms with Gasteiger partial charge >= 0.3 is 5.97 Å². The molecule has 0 aliphatic heterocycles. The normalized spacial score (nSPS) is 11.9. The Labute approximate surface area is 108 Å². The number of benzene rings is 1. The molecule has 0 aromatic heterocycles. The minimum Gasteiger partial charge on any atom is -0.479 e. The van der Waals surface area contributed by atoms with Crippen molar-refractivity contribution in [3.05, 3.63) is 34.6 Å². The van der Waals surface area contributed by atoms with Crippen LogP contribution in [0.25, 0.3) is 0 Å². The fourth-order valence-electron chi connectivity index (χ4n) is 1.20. The molecule has 0 radical (unpaired) electrons. The van der Waals surface area contributed by atoms with E-state index in [1.165, 1.54) is 19.2 Å². The van der Waals surface area contributed by atoms with Crippen molar-refractivity contribution in [1.82, 2.24) is 5.32 Å². The number of nitrogens with one attached hydrogen (secondary N) is 1. The van der Waals surface area contributed by atoms with Crippen molar-refractivity contribution in [1.29, 1.82) is 0 Å². The van der Waals surface area contributed by atoms with Gasteiger partial charge in [0.15, 0.2) is 6.10 Å². The molecule has 7 heteroatoms. The zero-order valence-corrected chi connectivity index (χ0v) is 10.2. The van der Waals surface area contributed by atoms with Crippen LogP contribution in [0.5, 0.6) is 0 Å². The van der Waals surface area contributed by atoms with E-state index in [0.717, 1.165) is 6.07 Å². The van der Waals surface area contributed by atoms with Gasteiger partial charge in [-0.05, 0) is 18.2 Å². The standard InChI is InChI=1S/C11H11ClFNO4/c1-18-9(11(16)17)5-14-10(15)6-2-3-7(12)8(13)4-6/h2-4,9H,5H2,1H3,(H,14,15)(H,16,17). The number of carbonyl (C=O) groups is 2. The lowest BCUT2D eigenvalue weighted by Crippen LogP contribution is -2.37. The second kappa shape index (κ2) is 6.32. The number of carboxylic acid groups (broad SMARTS) is 1. The average Bonchev–Trinajstić information content (AvgIpc) is 2.32. The molecule has 2 N–H and O–H groups in total. The van der Waals surface area contributed by atoms with E-state index in [2.05, 4.69) is 10.1 Å². The van der Waals surface area contributed by atoms with E-state index in [4.69, 9.17) is 16.7 Å². The molecule has 0 fully saturated rings. The van der Waals surface area contributed by atoms with Crippen LogP contribution in [-0.4, -0.2) is 36.7 Å². The molecule has 1 rings (SSSR count). The van der Waals surface area contributed by atoms with Gasteiger partial charge in [-0.2, -0.15) is 0 Å². The van der Waals surface area contributed by atoms with Crippen LogP contribution < -0.4 is 5.32 Å². The van der Waals surface area contributed by atoms with Gasteiger partial charge in [-0.1, -0.05) is 11.6 Å². The summed E-state index contributed by atoms with van der Waals surface area (Å²) in [6.45, 7) is -0.213. The summed E-state index contributed by atoms with van der Waals surface area (Å²) in [6, 6.07) is 3.56. The van der Waals surface area contributed by atoms with Gasteiger partial charge in [-0.15, -0.1) is 0 Å². The Morgan fingerprint density at radius 3 is 2.72 bits per heavy atom. The predicted molar refractivity (Wildman–Crippen MR) is 62.2 cm³/mol. The summed E-state index contributed by atoms with van der Waals surface area (Å²) in [5.41, 5.74) is 0.0529. The summed E-state index contributed by atoms with van der Waals surface area (Å²) in [6.07, 6.45) is -1.15. The lowest BCUT2D eigenvalue weighted by molar-refractivity contribution is -0.148. The highest BCUT2D eigenvalue weighted by Gasteiger charge is 2.18. The first kappa shape index (κ1) is 14.4. The molecule has 1 aromatic rings. The van der Waals surface area contributed by atoms with E-state index < -0.39 is 23.8 Å². The molecule has 0 aliphatic carbocycles. The van der Waals surface area contributed by atoms with Crippen LogP contribution in [0.15, 0.2) is 18.2 Å². The predicted octanol–water partition coefficient (Wildman–Crippen LogP) is 1.31. The molecule has 1 atom stereocenters. The van der Waals surface area contributed by atoms with Crippen molar-refractivity contribution < 1.29 is 23.8 Å². The van der Waals surface area contributed by atoms with Crippen LogP contribution in [0.2, 0.25) is 5.02 Å². The van der Waals surface area contributed by atoms with Crippen LogP contribution >= 0.6 is 11.6 Å². The minimum atomic E-state index is -1.19. The molecule has 1 aromatic carbocycles. The third-order valence-corrected chi connectivity index (χ3v) is 2.50. The summed E-state index contributed by atoms with van der Waals surface area (Å²) in [5.74, 6) is -2.51. The maximum absolute atomic E-state index is 13.1. The maximum Gasteiger partial charge on any atom is 0.334 e. The number of carboxylic acids is 1. The number of hydrogen-bond acceptors (Lipinski definition) is 3. The third-order valence-electron chi connectivity index (χ3n) is 2.19. The Bertz CT molecular complexity index is 466. The van der Waals surface area contributed by atoms with Crippen molar-refractivity contribution in [2.24, 2.45) is 0 Å². The Hall–Kier alpha value is -1.66. The fourth-order valence-corrected chi connectivity index (χ4v) is 1.31. The van der Waals surface area contributed by atoms with E-state index in [1.54, 1.807) is 0 Å². The second-order valence-corrected chi connectivity index (χ2v) is 3.81. The van der Waals surface area contributed by atoms with Gasteiger partial charge in [0.05, 0.1) is 11.6 Å². The Morgan fingerprint density at radius 1 is 1.56 bits per heavy atom. The SMILES string of the molecule is COC(CNC(=O)c1ccc(Cl)c(F)c1)C(=O)O. The topological polar surface area (TPSA) is 75.6 Å². The molecule has 98 valence electrons. The van der Waals surface area contributed by atoms with E-state index >= 15 is 0 Å². The van der Waals surface area contributed by atoms with Crippen molar-refractivity contribution >= 4 is 23.5 Å². The molecule has 1 amide bonds. The van der Waals surface area contributed by atoms with E-state index in [9.17, 15) is 14.0 Å². The molecule has 0 spiro atoms. The number of aliphatic carboxylic acids is 1. The first-order chi connectivity index (χ1) is 8.45. The van der Waals surface area contributed by atoms with Crippen LogP contribution in [0, 0.1) is 5.82 Å². The number of ether oxygens (including phenoxy) is 1. The Balaban J connectivity index is 2.65. The first-order valence-electron chi connectivity index (χ1n) is 4.94. The summed E-state index contributed by atoms with van der Waals surface area (Å²) in [7, 11) is 1.22. The average molecular weight is 276 g/mol. The first-order valence-corrected chi connectivity index (χ1v) is 5.32. The summed E-state index contributed by atoms with van der Waals surface area (Å²) in [4.78, 5) is 22.2. The minimum absolute atomic E-state index is 0.0529. The van der Waals surface area contributed by atoms with Crippen molar-refractivity contribution in [2.75, 3.05) is 13.7 Å². The van der Waals surface area contributed by atoms with Gasteiger partial charge < -0.3 is 15.2 Å². The van der Waals surface area contributed by atoms with Gasteiger partial charge in [-0.3, -0.25) is 4.79 Å². The largest absolute Gasteiger partial charge is 0.479 e. The smallest absolute Gasteiger partial charge is 0.334 e. The molecule has 1 unspecified atom stereocenters. The number of halogens is 2. The van der Waals surface area contributed by atoms with Gasteiger partial charge in [0.1, 0.15) is 5.82 Å². The third kappa shape index (κ3) is 3.68. The number of amides is 1. The fraction of sp³-hybridized carbons (Fsp3) is 0.273. The highest BCUT2D eigenvalue weighted by Crippen LogP contribution is 2.15. The molecular formula is C11H11ClFNO4. The molecule has 0 aliphatic rings. The highest BCUT2D eigenvalue weighted by molar-refractivity contribution is 6.30. The molecule has 0 bridgehead atoms. The second-order valence-electron chi connectivity index (χ2n) is 3.40. The molecule has 18 heavy (non-hydrogen) atoms. The van der Waals surface area contributed by atoms with Crippen LogP contribution in [0.4, 0.5) is 4.39 Å². The lowest BCUT2D eigenvalue weighted by Gasteiger charge is -2.11. The van der Waals surface area contributed by atoms with Crippen molar-refractivity contribution in [3.8, 4) is 0 Å². The van der Waals surface area contributed by atoms with Gasteiger partial charge in [0.25, 0.3) is 5.91 Å².